The standard InChI is InChI=1S/C50H53N5O9S2/c1-61-39-17-13-37(14-18-39)50(36-11-7-4-8-12-36,38-15-19-40(62-2)20-16-38)66-32-35-30-46(54-25-21-43(52-48(54)59)51-47(58)33-9-5-3-6-10-33)64-42(35)24-28-65-31-34-29-45(63-41(34)23-27-56)55-26-22-44(57)53-49(55)60/h3-22,25-26,34-35,41-42,45-46,56H,23-24,27-32H2,1-2H3,(H,53,57,60)(H,51,52,58,59)/t34-,35-,41-,42-,45-,46-/m1/s1. The normalized spacial score (nSPS) is 20.5. The monoisotopic (exact) mass is 931 g/mol. The summed E-state index contributed by atoms with van der Waals surface area (Å²) in [6, 6.07) is 38.5. The molecule has 0 radical (unpaired) electrons. The zero-order valence-electron chi connectivity index (χ0n) is 36.7. The first-order chi connectivity index (χ1) is 32.2. The van der Waals surface area contributed by atoms with Gasteiger partial charge in [-0.3, -0.25) is 23.7 Å². The van der Waals surface area contributed by atoms with Crippen molar-refractivity contribution in [2.75, 3.05) is 43.4 Å². The fourth-order valence-corrected chi connectivity index (χ4v) is 11.8. The van der Waals surface area contributed by atoms with Crippen molar-refractivity contribution in [2.24, 2.45) is 11.8 Å². The molecule has 2 fully saturated rings. The highest BCUT2D eigenvalue weighted by Crippen LogP contribution is 2.51. The van der Waals surface area contributed by atoms with E-state index in [1.54, 1.807) is 62.5 Å². The Kier molecular flexibility index (Phi) is 15.3. The summed E-state index contributed by atoms with van der Waals surface area (Å²) in [5, 5.41) is 12.6. The zero-order chi connectivity index (χ0) is 46.0. The molecule has 2 saturated heterocycles. The van der Waals surface area contributed by atoms with Gasteiger partial charge in [-0.05, 0) is 108 Å². The molecule has 14 nitrogen and oxygen atoms in total. The smallest absolute Gasteiger partial charge is 0.351 e. The molecule has 6 atom stereocenters. The van der Waals surface area contributed by atoms with Gasteiger partial charge in [0.05, 0.1) is 31.2 Å². The molecule has 0 unspecified atom stereocenters. The molecule has 1 amide bonds. The molecule has 8 rings (SSSR count). The number of aromatic nitrogens is 4. The van der Waals surface area contributed by atoms with Crippen LogP contribution in [0.5, 0.6) is 11.5 Å². The first kappa shape index (κ1) is 46.6. The van der Waals surface area contributed by atoms with Gasteiger partial charge < -0.3 is 29.4 Å². The lowest BCUT2D eigenvalue weighted by Gasteiger charge is -2.37. The second-order valence-electron chi connectivity index (χ2n) is 16.3. The Bertz CT molecular complexity index is 2670. The molecule has 2 aliphatic heterocycles. The number of anilines is 1. The number of thioether (sulfide) groups is 2. The molecule has 66 heavy (non-hydrogen) atoms. The average Bonchev–Trinajstić information content (AvgIpc) is 3.94. The number of amides is 1. The Hall–Kier alpha value is -5.91. The van der Waals surface area contributed by atoms with Gasteiger partial charge in [0.1, 0.15) is 29.8 Å². The summed E-state index contributed by atoms with van der Waals surface area (Å²) in [5.74, 6) is 3.47. The fourth-order valence-electron chi connectivity index (χ4n) is 8.88. The molecule has 4 heterocycles. The molecular formula is C50H53N5O9S2. The number of aliphatic hydroxyl groups is 1. The molecule has 3 N–H and O–H groups in total. The molecule has 344 valence electrons. The van der Waals surface area contributed by atoms with Gasteiger partial charge in [0, 0.05) is 36.4 Å². The topological polar surface area (TPSA) is 176 Å². The van der Waals surface area contributed by atoms with E-state index >= 15 is 0 Å². The van der Waals surface area contributed by atoms with Crippen LogP contribution in [0.4, 0.5) is 5.82 Å². The summed E-state index contributed by atoms with van der Waals surface area (Å²) in [4.78, 5) is 57.5. The van der Waals surface area contributed by atoms with Crippen LogP contribution in [0.25, 0.3) is 0 Å². The minimum Gasteiger partial charge on any atom is -0.497 e. The predicted molar refractivity (Wildman–Crippen MR) is 257 cm³/mol. The van der Waals surface area contributed by atoms with Gasteiger partial charge in [-0.25, -0.2) is 9.59 Å². The Morgan fingerprint density at radius 2 is 1.30 bits per heavy atom. The molecule has 2 aromatic heterocycles. The van der Waals surface area contributed by atoms with E-state index in [1.165, 1.54) is 21.4 Å². The first-order valence-corrected chi connectivity index (χ1v) is 24.1. The maximum absolute atomic E-state index is 13.7. The summed E-state index contributed by atoms with van der Waals surface area (Å²) in [6.45, 7) is -0.0537. The molecule has 0 spiro atoms. The Labute approximate surface area is 390 Å². The molecule has 0 aliphatic carbocycles. The third kappa shape index (κ3) is 10.5. The van der Waals surface area contributed by atoms with E-state index in [4.69, 9.17) is 18.9 Å². The average molecular weight is 932 g/mol. The molecular weight excluding hydrogens is 879 g/mol. The summed E-state index contributed by atoms with van der Waals surface area (Å²) in [6.07, 6.45) is 3.64. The van der Waals surface area contributed by atoms with Crippen LogP contribution in [0, 0.1) is 11.8 Å². The second-order valence-corrected chi connectivity index (χ2v) is 18.7. The lowest BCUT2D eigenvalue weighted by Crippen LogP contribution is -2.31. The molecule has 0 bridgehead atoms. The lowest BCUT2D eigenvalue weighted by molar-refractivity contribution is -0.0159. The number of nitrogens with zero attached hydrogens (tertiary/aromatic N) is 3. The van der Waals surface area contributed by atoms with Gasteiger partial charge in [0.2, 0.25) is 0 Å². The minimum atomic E-state index is -0.664. The van der Waals surface area contributed by atoms with E-state index in [2.05, 4.69) is 63.8 Å². The second kappa shape index (κ2) is 21.6. The number of hydrogen-bond acceptors (Lipinski definition) is 12. The van der Waals surface area contributed by atoms with Crippen molar-refractivity contribution < 1.29 is 28.8 Å². The Morgan fingerprint density at radius 1 is 0.742 bits per heavy atom. The maximum atomic E-state index is 13.7. The van der Waals surface area contributed by atoms with Crippen molar-refractivity contribution in [3.8, 4) is 11.5 Å². The van der Waals surface area contributed by atoms with E-state index in [9.17, 15) is 24.3 Å². The van der Waals surface area contributed by atoms with Crippen LogP contribution >= 0.6 is 23.5 Å². The van der Waals surface area contributed by atoms with Crippen LogP contribution in [0.3, 0.4) is 0 Å². The van der Waals surface area contributed by atoms with Crippen LogP contribution in [0.2, 0.25) is 0 Å². The van der Waals surface area contributed by atoms with E-state index in [0.29, 0.717) is 37.0 Å². The van der Waals surface area contributed by atoms with Gasteiger partial charge in [0.25, 0.3) is 11.5 Å². The number of H-pyrrole nitrogens is 1. The van der Waals surface area contributed by atoms with E-state index in [-0.39, 0.29) is 42.4 Å². The summed E-state index contributed by atoms with van der Waals surface area (Å²) in [5.41, 5.74) is 2.15. The van der Waals surface area contributed by atoms with Gasteiger partial charge in [0.15, 0.2) is 0 Å². The predicted octanol–water partition coefficient (Wildman–Crippen LogP) is 7.10. The lowest BCUT2D eigenvalue weighted by atomic mass is 9.84. The number of hydrogen-bond donors (Lipinski definition) is 3. The maximum Gasteiger partial charge on any atom is 0.351 e. The largest absolute Gasteiger partial charge is 0.497 e. The Morgan fingerprint density at radius 3 is 1.89 bits per heavy atom. The number of ether oxygens (including phenoxy) is 4. The van der Waals surface area contributed by atoms with Crippen molar-refractivity contribution in [2.45, 2.75) is 55.1 Å². The number of rotatable bonds is 19. The number of methoxy groups -OCH3 is 2. The fraction of sp³-hybridized carbons (Fsp3) is 0.340. The minimum absolute atomic E-state index is 0.00186. The SMILES string of the molecule is COc1ccc(C(SC[C@H]2C[C@H](n3ccc(NC(=O)c4ccccc4)nc3=O)O[C@@H]2CCSC[C@H]2C[C@H](n3ccc(=O)[nH]c3=O)O[C@@H]2CCO)(c2ccccc2)c2ccc(OC)cc2)cc1. The van der Waals surface area contributed by atoms with Gasteiger partial charge in [-0.2, -0.15) is 16.7 Å². The van der Waals surface area contributed by atoms with Crippen molar-refractivity contribution in [3.05, 3.63) is 187 Å². The van der Waals surface area contributed by atoms with Gasteiger partial charge in [-0.15, -0.1) is 11.8 Å². The van der Waals surface area contributed by atoms with Crippen LogP contribution in [0.15, 0.2) is 148 Å². The van der Waals surface area contributed by atoms with Crippen LogP contribution in [-0.4, -0.2) is 80.4 Å². The first-order valence-electron chi connectivity index (χ1n) is 21.9. The highest BCUT2D eigenvalue weighted by atomic mass is 32.2. The Balaban J connectivity index is 1.05. The summed E-state index contributed by atoms with van der Waals surface area (Å²) < 4.78 is 26.5. The van der Waals surface area contributed by atoms with Crippen molar-refractivity contribution >= 4 is 35.2 Å². The zero-order valence-corrected chi connectivity index (χ0v) is 38.3. The third-order valence-electron chi connectivity index (χ3n) is 12.3. The van der Waals surface area contributed by atoms with Gasteiger partial charge >= 0.3 is 11.4 Å². The van der Waals surface area contributed by atoms with Crippen LogP contribution in [-0.2, 0) is 14.2 Å². The molecule has 6 aromatic rings. The third-order valence-corrected chi connectivity index (χ3v) is 15.2. The van der Waals surface area contributed by atoms with Crippen molar-refractivity contribution in [1.82, 2.24) is 19.1 Å². The van der Waals surface area contributed by atoms with E-state index in [1.807, 2.05) is 48.2 Å². The number of carbonyl (C=O) groups excluding carboxylic acids is 1. The quantitative estimate of drug-likeness (QED) is 0.0556. The van der Waals surface area contributed by atoms with E-state index in [0.717, 1.165) is 39.7 Å². The highest BCUT2D eigenvalue weighted by molar-refractivity contribution is 8.00. The number of aliphatic hydroxyl groups excluding tert-OH is 1. The summed E-state index contributed by atoms with van der Waals surface area (Å²) in [7, 11) is 3.31. The molecule has 0 saturated carbocycles. The van der Waals surface area contributed by atoms with Crippen LogP contribution < -0.4 is 31.7 Å². The molecule has 2 aliphatic rings. The van der Waals surface area contributed by atoms with Crippen molar-refractivity contribution in [3.63, 3.8) is 0 Å². The van der Waals surface area contributed by atoms with Crippen molar-refractivity contribution in [1.29, 1.82) is 0 Å². The van der Waals surface area contributed by atoms with E-state index < -0.39 is 34.1 Å². The number of aromatic amines is 1. The number of carbonyl (C=O) groups is 1. The number of nitrogens with one attached hydrogen (secondary N) is 2. The highest BCUT2D eigenvalue weighted by Gasteiger charge is 2.42. The molecule has 4 aromatic carbocycles. The number of benzene rings is 4. The van der Waals surface area contributed by atoms with Gasteiger partial charge in [-0.1, -0.05) is 72.8 Å². The van der Waals surface area contributed by atoms with Crippen LogP contribution in [0.1, 0.15) is 65.2 Å². The molecule has 16 heteroatoms. The summed E-state index contributed by atoms with van der Waals surface area (Å²) >= 11 is 3.58.